The van der Waals surface area contributed by atoms with E-state index < -0.39 is 150 Å². The summed E-state index contributed by atoms with van der Waals surface area (Å²) in [4.78, 5) is 39.9. The van der Waals surface area contributed by atoms with Gasteiger partial charge >= 0.3 is 11.9 Å². The van der Waals surface area contributed by atoms with Gasteiger partial charge in [-0.15, -0.1) is 0 Å². The molecule has 20 nitrogen and oxygen atoms in total. The van der Waals surface area contributed by atoms with Crippen molar-refractivity contribution in [3.8, 4) is 0 Å². The Kier molecular flexibility index (Phi) is 13.8. The Bertz CT molecular complexity index is 1950. The molecule has 386 valence electrons. The standard InChI is InChI=1S/C48H74O20/c1-20-28(52)30(54)32(56)39(63-20)66-35-34(58)36(38(59)60)67-41(37(35)68-40-33(57)31(55)29(53)23(18-49)64-40)65-27-11-12-44(4)24(45(27,5)19-50)10-13-46(6)25(44)9-8-21-22-16-43(2,3)14-15-48(22,42(61)62)26(51)17-47(21,46)7/h8,19-20,22-37,39-41,49,51-58H,9-18H2,1-7H3,(H,59,60)(H,61,62)/t20?,22?,23?,24?,25?,26?,27-,28-,29-,30?,31?,32?,33?,34-,35?,36?,37?,39-,40-,41+,44?,45?,46?,47?,48+/m0/s1. The molecule has 0 spiro atoms. The minimum absolute atomic E-state index is 0.0282. The van der Waals surface area contributed by atoms with E-state index in [1.165, 1.54) is 6.92 Å². The molecular formula is C48H74O20. The lowest BCUT2D eigenvalue weighted by atomic mass is 9.33. The second-order valence-corrected chi connectivity index (χ2v) is 23.3. The molecule has 0 aromatic heterocycles. The first-order valence-electron chi connectivity index (χ1n) is 24.3. The van der Waals surface area contributed by atoms with Crippen molar-refractivity contribution in [3.63, 3.8) is 0 Å². The van der Waals surface area contributed by atoms with Crippen molar-refractivity contribution in [2.24, 2.45) is 50.2 Å². The van der Waals surface area contributed by atoms with Gasteiger partial charge in [0, 0.05) is 0 Å². The van der Waals surface area contributed by atoms with Crippen LogP contribution in [0.25, 0.3) is 0 Å². The van der Waals surface area contributed by atoms with Gasteiger partial charge in [-0.05, 0) is 104 Å². The normalized spacial score (nSPS) is 54.5. The van der Waals surface area contributed by atoms with Crippen LogP contribution < -0.4 is 0 Å². The van der Waals surface area contributed by atoms with Gasteiger partial charge in [0.2, 0.25) is 0 Å². The van der Waals surface area contributed by atoms with Gasteiger partial charge in [0.25, 0.3) is 0 Å². The van der Waals surface area contributed by atoms with Crippen molar-refractivity contribution < 1.29 is 99.0 Å². The van der Waals surface area contributed by atoms with Gasteiger partial charge in [-0.25, -0.2) is 4.79 Å². The first kappa shape index (κ1) is 52.1. The maximum absolute atomic E-state index is 13.8. The zero-order valence-corrected chi connectivity index (χ0v) is 39.9. The predicted octanol–water partition coefficient (Wildman–Crippen LogP) is -0.0241. The molecule has 17 unspecified atom stereocenters. The van der Waals surface area contributed by atoms with Crippen molar-refractivity contribution in [2.75, 3.05) is 6.61 Å². The van der Waals surface area contributed by atoms with Crippen LogP contribution in [0, 0.1) is 50.2 Å². The van der Waals surface area contributed by atoms with Gasteiger partial charge in [0.05, 0.1) is 30.3 Å². The zero-order valence-electron chi connectivity index (χ0n) is 39.9. The summed E-state index contributed by atoms with van der Waals surface area (Å²) in [6, 6.07) is 0. The van der Waals surface area contributed by atoms with Crippen LogP contribution in [0.15, 0.2) is 11.6 Å². The number of ether oxygens (including phenoxy) is 6. The molecule has 8 aliphatic rings. The van der Waals surface area contributed by atoms with Crippen LogP contribution in [0.5, 0.6) is 0 Å². The number of aliphatic hydroxyl groups excluding tert-OH is 9. The molecule has 0 bridgehead atoms. The van der Waals surface area contributed by atoms with E-state index in [0.717, 1.165) is 11.9 Å². The van der Waals surface area contributed by atoms with Crippen LogP contribution in [0.2, 0.25) is 0 Å². The van der Waals surface area contributed by atoms with Crippen molar-refractivity contribution in [2.45, 2.75) is 211 Å². The van der Waals surface area contributed by atoms with Gasteiger partial charge in [0.1, 0.15) is 72.7 Å². The number of fused-ring (bicyclic) bond motifs is 7. The zero-order chi connectivity index (χ0) is 50.0. The third kappa shape index (κ3) is 7.77. The fourth-order valence-electron chi connectivity index (χ4n) is 15.0. The lowest BCUT2D eigenvalue weighted by Crippen LogP contribution is -2.69. The van der Waals surface area contributed by atoms with Gasteiger partial charge in [-0.1, -0.05) is 53.2 Å². The van der Waals surface area contributed by atoms with E-state index in [0.29, 0.717) is 44.9 Å². The highest BCUT2D eigenvalue weighted by molar-refractivity contribution is 5.78. The minimum Gasteiger partial charge on any atom is -0.481 e. The third-order valence-corrected chi connectivity index (χ3v) is 19.3. The summed E-state index contributed by atoms with van der Waals surface area (Å²) < 4.78 is 36.2. The number of aldehydes is 1. The van der Waals surface area contributed by atoms with E-state index in [9.17, 15) is 70.6 Å². The molecule has 3 heterocycles. The van der Waals surface area contributed by atoms with Gasteiger partial charge in [-0.2, -0.15) is 0 Å². The molecule has 5 aliphatic carbocycles. The summed E-state index contributed by atoms with van der Waals surface area (Å²) in [6.45, 7) is 13.2. The number of hydrogen-bond donors (Lipinski definition) is 11. The molecule has 0 radical (unpaired) electrons. The Morgan fingerprint density at radius 3 is 1.96 bits per heavy atom. The van der Waals surface area contributed by atoms with E-state index >= 15 is 0 Å². The van der Waals surface area contributed by atoms with E-state index in [1.54, 1.807) is 6.92 Å². The molecule has 11 N–H and O–H groups in total. The number of allylic oxidation sites excluding steroid dienone is 2. The molecule has 4 saturated carbocycles. The van der Waals surface area contributed by atoms with E-state index in [-0.39, 0.29) is 36.0 Å². The second kappa shape index (κ2) is 18.0. The summed E-state index contributed by atoms with van der Waals surface area (Å²) in [5.74, 6) is -3.37. The Labute approximate surface area is 395 Å². The smallest absolute Gasteiger partial charge is 0.335 e. The van der Waals surface area contributed by atoms with E-state index in [4.69, 9.17) is 28.4 Å². The predicted molar refractivity (Wildman–Crippen MR) is 231 cm³/mol. The van der Waals surface area contributed by atoms with Crippen LogP contribution in [0.1, 0.15) is 106 Å². The van der Waals surface area contributed by atoms with Crippen LogP contribution in [0.3, 0.4) is 0 Å². The topological polar surface area (TPSA) is 329 Å². The average Bonchev–Trinajstić information content (AvgIpc) is 3.27. The lowest BCUT2D eigenvalue weighted by Gasteiger charge is -2.71. The van der Waals surface area contributed by atoms with Crippen molar-refractivity contribution in [3.05, 3.63) is 11.6 Å². The summed E-state index contributed by atoms with van der Waals surface area (Å²) in [7, 11) is 0. The SMILES string of the molecule is CC1O[C@@H](OC2C(O[C@@H]3OC(CO)[C@H](O)C(O)C3O)[C@H](O[C@H]3CCC4(C)C(CCC5(C)C4CC=C4C6CC(C)(C)CC[C@]6(C(=O)O)C(O)CC45C)C3(C)C=O)OC(C(=O)O)[C@H]2O)C(O)C(O)[C@H]1O. The van der Waals surface area contributed by atoms with Crippen molar-refractivity contribution >= 4 is 18.2 Å². The maximum Gasteiger partial charge on any atom is 0.335 e. The highest BCUT2D eigenvalue weighted by atomic mass is 16.8. The fraction of sp³-hybridized carbons (Fsp3) is 0.896. The summed E-state index contributed by atoms with van der Waals surface area (Å²) >= 11 is 0. The van der Waals surface area contributed by atoms with Crippen molar-refractivity contribution in [1.82, 2.24) is 0 Å². The molecular weight excluding hydrogens is 897 g/mol. The molecule has 0 aromatic rings. The number of aliphatic hydroxyl groups is 9. The molecule has 3 aliphatic heterocycles. The third-order valence-electron chi connectivity index (χ3n) is 19.3. The first-order valence-corrected chi connectivity index (χ1v) is 24.3. The summed E-state index contributed by atoms with van der Waals surface area (Å²) in [5.41, 5.74) is -3.12. The molecule has 3 saturated heterocycles. The highest BCUT2D eigenvalue weighted by Gasteiger charge is 2.72. The number of carbonyl (C=O) groups is 3. The number of carboxylic acid groups (broad SMARTS) is 2. The van der Waals surface area contributed by atoms with Crippen LogP contribution in [-0.4, -0.2) is 185 Å². The van der Waals surface area contributed by atoms with Gasteiger partial charge in [-0.3, -0.25) is 4.79 Å². The van der Waals surface area contributed by atoms with Crippen LogP contribution in [0.4, 0.5) is 0 Å². The average molecular weight is 971 g/mol. The Balaban J connectivity index is 1.13. The van der Waals surface area contributed by atoms with E-state index in [2.05, 4.69) is 40.7 Å². The van der Waals surface area contributed by atoms with Crippen molar-refractivity contribution in [1.29, 1.82) is 0 Å². The number of hydrogen-bond acceptors (Lipinski definition) is 18. The molecule has 20 heteroatoms. The number of carbonyl (C=O) groups excluding carboxylic acids is 1. The molecule has 7 fully saturated rings. The molecule has 0 aromatic carbocycles. The number of aliphatic carboxylic acids is 2. The minimum atomic E-state index is -2.15. The van der Waals surface area contributed by atoms with Gasteiger partial charge < -0.3 is 89.4 Å². The number of carboxylic acids is 2. The monoisotopic (exact) mass is 970 g/mol. The van der Waals surface area contributed by atoms with E-state index in [1.807, 2.05) is 0 Å². The van der Waals surface area contributed by atoms with Crippen LogP contribution in [-0.2, 0) is 42.8 Å². The summed E-state index contributed by atoms with van der Waals surface area (Å²) in [5, 5.41) is 119. The maximum atomic E-state index is 13.8. The quantitative estimate of drug-likeness (QED) is 0.0778. The molecule has 68 heavy (non-hydrogen) atoms. The lowest BCUT2D eigenvalue weighted by molar-refractivity contribution is -0.394. The molecule has 25 atom stereocenters. The molecule has 0 amide bonds. The van der Waals surface area contributed by atoms with Gasteiger partial charge in [0.15, 0.2) is 25.0 Å². The van der Waals surface area contributed by atoms with Crippen LogP contribution >= 0.6 is 0 Å². The second-order valence-electron chi connectivity index (χ2n) is 23.3. The number of rotatable bonds is 10. The highest BCUT2D eigenvalue weighted by Crippen LogP contribution is 2.76. The fourth-order valence-corrected chi connectivity index (χ4v) is 15.0. The molecule has 8 rings (SSSR count). The first-order chi connectivity index (χ1) is 31.7. The Morgan fingerprint density at radius 1 is 0.706 bits per heavy atom. The Morgan fingerprint density at radius 2 is 1.34 bits per heavy atom. The Hall–Kier alpha value is -2.25. The largest absolute Gasteiger partial charge is 0.481 e. The summed E-state index contributed by atoms with van der Waals surface area (Å²) in [6.07, 6.45) is -21.9.